The van der Waals surface area contributed by atoms with Crippen LogP contribution in [-0.2, 0) is 11.3 Å². The molecule has 120 valence electrons. The lowest BCUT2D eigenvalue weighted by Gasteiger charge is -2.08. The third kappa shape index (κ3) is 3.11. The second-order valence-corrected chi connectivity index (χ2v) is 5.89. The number of carbonyl (C=O) groups excluding carboxylic acids is 1. The van der Waals surface area contributed by atoms with Crippen LogP contribution in [0.5, 0.6) is 0 Å². The van der Waals surface area contributed by atoms with Crippen LogP contribution in [0.4, 0.5) is 5.69 Å². The molecule has 0 aliphatic heterocycles. The maximum atomic E-state index is 12.3. The SMILES string of the molecule is Cc1cc(C(=O)OCc2ccc([N+](=O)[O-])cc2)c(C)n1C1CC1. The van der Waals surface area contributed by atoms with E-state index in [0.29, 0.717) is 11.6 Å². The molecule has 1 saturated carbocycles. The molecule has 23 heavy (non-hydrogen) atoms. The molecule has 0 amide bonds. The molecule has 0 unspecified atom stereocenters. The van der Waals surface area contributed by atoms with Gasteiger partial charge in [0.2, 0.25) is 0 Å². The number of aromatic nitrogens is 1. The number of carbonyl (C=O) groups is 1. The molecule has 0 atom stereocenters. The molecule has 0 spiro atoms. The van der Waals surface area contributed by atoms with E-state index in [0.717, 1.165) is 29.8 Å². The third-order valence-corrected chi connectivity index (χ3v) is 4.13. The number of nitro groups is 1. The molecule has 2 aromatic rings. The Morgan fingerprint density at radius 1 is 1.30 bits per heavy atom. The summed E-state index contributed by atoms with van der Waals surface area (Å²) >= 11 is 0. The zero-order valence-electron chi connectivity index (χ0n) is 13.1. The Kier molecular flexibility index (Phi) is 3.90. The van der Waals surface area contributed by atoms with Crippen LogP contribution in [0.1, 0.15) is 46.2 Å². The highest BCUT2D eigenvalue weighted by Crippen LogP contribution is 2.38. The minimum atomic E-state index is -0.456. The Bertz CT molecular complexity index is 758. The molecule has 0 N–H and O–H groups in total. The number of rotatable bonds is 5. The number of non-ortho nitro benzene ring substituents is 1. The van der Waals surface area contributed by atoms with E-state index in [2.05, 4.69) is 4.57 Å². The first-order valence-corrected chi connectivity index (χ1v) is 7.56. The van der Waals surface area contributed by atoms with E-state index in [1.54, 1.807) is 12.1 Å². The van der Waals surface area contributed by atoms with Crippen molar-refractivity contribution in [2.45, 2.75) is 39.3 Å². The number of nitrogens with zero attached hydrogens (tertiary/aromatic N) is 2. The van der Waals surface area contributed by atoms with Crippen molar-refractivity contribution in [1.82, 2.24) is 4.57 Å². The van der Waals surface area contributed by atoms with Gasteiger partial charge in [-0.25, -0.2) is 4.79 Å². The zero-order valence-corrected chi connectivity index (χ0v) is 13.1. The molecule has 1 heterocycles. The summed E-state index contributed by atoms with van der Waals surface area (Å²) in [7, 11) is 0. The van der Waals surface area contributed by atoms with Crippen LogP contribution in [0.2, 0.25) is 0 Å². The standard InChI is InChI=1S/C17H18N2O4/c1-11-9-16(12(2)18(11)14-7-8-14)17(20)23-10-13-3-5-15(6-4-13)19(21)22/h3-6,9,14H,7-8,10H2,1-2H3. The molecule has 1 fully saturated rings. The molecule has 6 heteroatoms. The first-order chi connectivity index (χ1) is 11.0. The summed E-state index contributed by atoms with van der Waals surface area (Å²) in [5.74, 6) is -0.358. The molecule has 1 aliphatic carbocycles. The van der Waals surface area contributed by atoms with Crippen molar-refractivity contribution in [3.8, 4) is 0 Å². The first-order valence-electron chi connectivity index (χ1n) is 7.56. The Balaban J connectivity index is 1.67. The number of ether oxygens (including phenoxy) is 1. The number of esters is 1. The monoisotopic (exact) mass is 314 g/mol. The van der Waals surface area contributed by atoms with Gasteiger partial charge in [0.05, 0.1) is 10.5 Å². The molecule has 1 aliphatic rings. The normalized spacial score (nSPS) is 13.8. The van der Waals surface area contributed by atoms with Crippen molar-refractivity contribution in [2.75, 3.05) is 0 Å². The average Bonchev–Trinajstić information content (AvgIpc) is 3.31. The van der Waals surface area contributed by atoms with Crippen molar-refractivity contribution in [1.29, 1.82) is 0 Å². The van der Waals surface area contributed by atoms with Crippen LogP contribution in [0.15, 0.2) is 30.3 Å². The van der Waals surface area contributed by atoms with Gasteiger partial charge < -0.3 is 9.30 Å². The van der Waals surface area contributed by atoms with Crippen LogP contribution in [-0.4, -0.2) is 15.5 Å². The summed E-state index contributed by atoms with van der Waals surface area (Å²) in [5, 5.41) is 10.6. The van der Waals surface area contributed by atoms with Gasteiger partial charge in [0.1, 0.15) is 6.61 Å². The van der Waals surface area contributed by atoms with E-state index in [4.69, 9.17) is 4.74 Å². The molecular weight excluding hydrogens is 296 g/mol. The number of aryl methyl sites for hydroxylation is 1. The fourth-order valence-corrected chi connectivity index (χ4v) is 2.82. The quantitative estimate of drug-likeness (QED) is 0.479. The highest BCUT2D eigenvalue weighted by atomic mass is 16.6. The summed E-state index contributed by atoms with van der Waals surface area (Å²) in [4.78, 5) is 22.4. The highest BCUT2D eigenvalue weighted by molar-refractivity contribution is 5.91. The van der Waals surface area contributed by atoms with Crippen molar-refractivity contribution >= 4 is 11.7 Å². The van der Waals surface area contributed by atoms with Crippen LogP contribution in [0.25, 0.3) is 0 Å². The number of hydrogen-bond donors (Lipinski definition) is 0. The smallest absolute Gasteiger partial charge is 0.340 e. The minimum Gasteiger partial charge on any atom is -0.457 e. The molecule has 6 nitrogen and oxygen atoms in total. The van der Waals surface area contributed by atoms with Gasteiger partial charge in [0.25, 0.3) is 5.69 Å². The summed E-state index contributed by atoms with van der Waals surface area (Å²) in [6, 6.07) is 8.39. The molecule has 0 bridgehead atoms. The lowest BCUT2D eigenvalue weighted by atomic mass is 10.2. The molecule has 3 rings (SSSR count). The van der Waals surface area contributed by atoms with Crippen LogP contribution in [0.3, 0.4) is 0 Å². The molecule has 0 radical (unpaired) electrons. The number of benzene rings is 1. The zero-order chi connectivity index (χ0) is 16.6. The van der Waals surface area contributed by atoms with E-state index in [9.17, 15) is 14.9 Å². The predicted molar refractivity (Wildman–Crippen MR) is 84.4 cm³/mol. The van der Waals surface area contributed by atoms with Crippen LogP contribution >= 0.6 is 0 Å². The third-order valence-electron chi connectivity index (χ3n) is 4.13. The van der Waals surface area contributed by atoms with Crippen molar-refractivity contribution in [3.63, 3.8) is 0 Å². The molecule has 1 aromatic heterocycles. The van der Waals surface area contributed by atoms with E-state index in [-0.39, 0.29) is 18.3 Å². The van der Waals surface area contributed by atoms with Crippen LogP contribution < -0.4 is 0 Å². The Labute approximate surface area is 133 Å². The average molecular weight is 314 g/mol. The Morgan fingerprint density at radius 2 is 1.96 bits per heavy atom. The van der Waals surface area contributed by atoms with E-state index >= 15 is 0 Å². The first kappa shape index (κ1) is 15.3. The Hall–Kier alpha value is -2.63. The second kappa shape index (κ2) is 5.87. The van der Waals surface area contributed by atoms with Gasteiger partial charge in [0.15, 0.2) is 0 Å². The fraction of sp³-hybridized carbons (Fsp3) is 0.353. The second-order valence-electron chi connectivity index (χ2n) is 5.89. The predicted octanol–water partition coefficient (Wildman–Crippen LogP) is 3.71. The van der Waals surface area contributed by atoms with Gasteiger partial charge in [-0.1, -0.05) is 0 Å². The Morgan fingerprint density at radius 3 is 2.52 bits per heavy atom. The van der Waals surface area contributed by atoms with Gasteiger partial charge in [-0.2, -0.15) is 0 Å². The molecule has 1 aromatic carbocycles. The van der Waals surface area contributed by atoms with E-state index in [1.165, 1.54) is 12.1 Å². The maximum Gasteiger partial charge on any atom is 0.340 e. The van der Waals surface area contributed by atoms with Gasteiger partial charge in [-0.05, 0) is 50.5 Å². The van der Waals surface area contributed by atoms with Gasteiger partial charge >= 0.3 is 5.97 Å². The highest BCUT2D eigenvalue weighted by Gasteiger charge is 2.28. The number of hydrogen-bond acceptors (Lipinski definition) is 4. The van der Waals surface area contributed by atoms with Crippen molar-refractivity contribution < 1.29 is 14.5 Å². The molecule has 0 saturated heterocycles. The van der Waals surface area contributed by atoms with Crippen LogP contribution in [0, 0.1) is 24.0 Å². The maximum absolute atomic E-state index is 12.3. The lowest BCUT2D eigenvalue weighted by molar-refractivity contribution is -0.384. The van der Waals surface area contributed by atoms with Gasteiger partial charge in [-0.3, -0.25) is 10.1 Å². The summed E-state index contributed by atoms with van der Waals surface area (Å²) in [6.45, 7) is 4.04. The molecular formula is C17H18N2O4. The van der Waals surface area contributed by atoms with Gasteiger partial charge in [0, 0.05) is 29.6 Å². The van der Waals surface area contributed by atoms with Gasteiger partial charge in [-0.15, -0.1) is 0 Å². The van der Waals surface area contributed by atoms with E-state index < -0.39 is 4.92 Å². The lowest BCUT2D eigenvalue weighted by Crippen LogP contribution is -2.07. The van der Waals surface area contributed by atoms with Crippen molar-refractivity contribution in [3.05, 3.63) is 63.0 Å². The largest absolute Gasteiger partial charge is 0.457 e. The van der Waals surface area contributed by atoms with Crippen molar-refractivity contribution in [2.24, 2.45) is 0 Å². The topological polar surface area (TPSA) is 74.4 Å². The summed E-state index contributed by atoms with van der Waals surface area (Å²) < 4.78 is 7.54. The minimum absolute atomic E-state index is 0.0213. The van der Waals surface area contributed by atoms with E-state index in [1.807, 2.05) is 19.9 Å². The fourth-order valence-electron chi connectivity index (χ4n) is 2.82. The summed E-state index contributed by atoms with van der Waals surface area (Å²) in [5.41, 5.74) is 3.36. The summed E-state index contributed by atoms with van der Waals surface area (Å²) in [6.07, 6.45) is 2.32. The number of nitro benzene ring substituents is 1.